The first kappa shape index (κ1) is 69.3. The van der Waals surface area contributed by atoms with Gasteiger partial charge in [-0.3, -0.25) is 14.4 Å². The van der Waals surface area contributed by atoms with Gasteiger partial charge in [-0.1, -0.05) is 269 Å². The number of carbonyl (C=O) groups is 3. The van der Waals surface area contributed by atoms with Gasteiger partial charge < -0.3 is 14.2 Å². The summed E-state index contributed by atoms with van der Waals surface area (Å²) >= 11 is 0. The molecular weight excluding hydrogens is 913 g/mol. The summed E-state index contributed by atoms with van der Waals surface area (Å²) in [6.07, 6.45) is 87.2. The largest absolute Gasteiger partial charge is 0.462 e. The Labute approximate surface area is 455 Å². The summed E-state index contributed by atoms with van der Waals surface area (Å²) in [7, 11) is 0. The monoisotopic (exact) mass is 1020 g/mol. The second-order valence-electron chi connectivity index (χ2n) is 19.2. The van der Waals surface area contributed by atoms with E-state index in [1.807, 2.05) is 6.08 Å². The summed E-state index contributed by atoms with van der Waals surface area (Å²) in [4.78, 5) is 38.1. The van der Waals surface area contributed by atoms with Gasteiger partial charge in [0.25, 0.3) is 0 Å². The normalized spacial score (nSPS) is 13.2. The van der Waals surface area contributed by atoms with Crippen LogP contribution in [-0.2, 0) is 28.6 Å². The quantitative estimate of drug-likeness (QED) is 0.0261. The second-order valence-corrected chi connectivity index (χ2v) is 19.2. The number of ether oxygens (including phenoxy) is 3. The predicted molar refractivity (Wildman–Crippen MR) is 320 cm³/mol. The first-order valence-electron chi connectivity index (χ1n) is 29.8. The molecule has 0 aliphatic rings. The van der Waals surface area contributed by atoms with Crippen LogP contribution in [0.5, 0.6) is 0 Å². The van der Waals surface area contributed by atoms with Gasteiger partial charge in [0.2, 0.25) is 0 Å². The van der Waals surface area contributed by atoms with E-state index in [-0.39, 0.29) is 31.6 Å². The van der Waals surface area contributed by atoms with Crippen molar-refractivity contribution in [1.82, 2.24) is 0 Å². The van der Waals surface area contributed by atoms with Gasteiger partial charge in [-0.25, -0.2) is 0 Å². The number of rotatable bonds is 52. The van der Waals surface area contributed by atoms with Crippen molar-refractivity contribution in [3.05, 3.63) is 146 Å². The molecule has 0 radical (unpaired) electrons. The fraction of sp³-hybridized carbons (Fsp3) is 0.603. The molecule has 0 aromatic rings. The third-order valence-electron chi connectivity index (χ3n) is 12.1. The molecule has 0 saturated heterocycles. The molecular formula is C68H108O6. The minimum atomic E-state index is -0.837. The van der Waals surface area contributed by atoms with Gasteiger partial charge in [0, 0.05) is 12.8 Å². The van der Waals surface area contributed by atoms with Gasteiger partial charge in [0.15, 0.2) is 6.10 Å². The maximum Gasteiger partial charge on any atom is 0.309 e. The van der Waals surface area contributed by atoms with Crippen molar-refractivity contribution >= 4 is 17.9 Å². The third-order valence-corrected chi connectivity index (χ3v) is 12.1. The Kier molecular flexibility index (Phi) is 57.0. The van der Waals surface area contributed by atoms with E-state index >= 15 is 0 Å². The number of unbranched alkanes of at least 4 members (excludes halogenated alkanes) is 18. The molecule has 416 valence electrons. The Morgan fingerprint density at radius 2 is 0.581 bits per heavy atom. The van der Waals surface area contributed by atoms with Gasteiger partial charge in [-0.2, -0.15) is 0 Å². The van der Waals surface area contributed by atoms with Crippen molar-refractivity contribution in [1.29, 1.82) is 0 Å². The first-order chi connectivity index (χ1) is 36.5. The first-order valence-corrected chi connectivity index (χ1v) is 29.8. The van der Waals surface area contributed by atoms with E-state index in [1.165, 1.54) is 83.5 Å². The minimum Gasteiger partial charge on any atom is -0.462 e. The molecule has 0 saturated carbocycles. The number of carbonyl (C=O) groups excluding carboxylic acids is 3. The van der Waals surface area contributed by atoms with Crippen LogP contribution in [0.15, 0.2) is 146 Å². The average Bonchev–Trinajstić information content (AvgIpc) is 3.40. The highest BCUT2D eigenvalue weighted by Crippen LogP contribution is 2.15. The van der Waals surface area contributed by atoms with Crippen molar-refractivity contribution in [2.45, 2.75) is 252 Å². The molecule has 0 N–H and O–H groups in total. The van der Waals surface area contributed by atoms with E-state index in [2.05, 4.69) is 154 Å². The molecule has 0 fully saturated rings. The molecule has 0 aromatic heterocycles. The highest BCUT2D eigenvalue weighted by Gasteiger charge is 2.19. The fourth-order valence-electron chi connectivity index (χ4n) is 7.73. The lowest BCUT2D eigenvalue weighted by atomic mass is 10.0. The fourth-order valence-corrected chi connectivity index (χ4v) is 7.73. The molecule has 6 nitrogen and oxygen atoms in total. The molecule has 0 heterocycles. The van der Waals surface area contributed by atoms with Crippen molar-refractivity contribution in [3.8, 4) is 0 Å². The van der Waals surface area contributed by atoms with Gasteiger partial charge in [-0.05, 0) is 103 Å². The van der Waals surface area contributed by atoms with Crippen LogP contribution in [0.25, 0.3) is 0 Å². The SMILES string of the molecule is CC/C=C\C/C=C\C/C=C\C/C=C\C/C=C\C/C=C\C/C=C\CCCCCC(=O)OCC(COC(=O)C/C=C\C/C=C\C/C=C\C/C=C\C/C=C\CC)OC(=O)CCCCCCCCCCCCCCCCCC. The summed E-state index contributed by atoms with van der Waals surface area (Å²) in [5.74, 6) is -1.09. The molecule has 1 atom stereocenters. The molecule has 0 rings (SSSR count). The molecule has 0 amide bonds. The lowest BCUT2D eigenvalue weighted by Crippen LogP contribution is -2.30. The Morgan fingerprint density at radius 3 is 0.946 bits per heavy atom. The van der Waals surface area contributed by atoms with Crippen LogP contribution >= 0.6 is 0 Å². The molecule has 0 aromatic carbocycles. The van der Waals surface area contributed by atoms with E-state index in [4.69, 9.17) is 14.2 Å². The van der Waals surface area contributed by atoms with Crippen LogP contribution < -0.4 is 0 Å². The third kappa shape index (κ3) is 58.2. The lowest BCUT2D eigenvalue weighted by Gasteiger charge is -2.18. The molecule has 0 aliphatic heterocycles. The zero-order chi connectivity index (χ0) is 53.6. The van der Waals surface area contributed by atoms with Gasteiger partial charge in [-0.15, -0.1) is 0 Å². The Balaban J connectivity index is 4.53. The number of hydrogen-bond acceptors (Lipinski definition) is 6. The average molecular weight is 1020 g/mol. The number of hydrogen-bond donors (Lipinski definition) is 0. The highest BCUT2D eigenvalue weighted by atomic mass is 16.6. The summed E-state index contributed by atoms with van der Waals surface area (Å²) in [5, 5.41) is 0. The summed E-state index contributed by atoms with van der Waals surface area (Å²) in [6, 6.07) is 0. The highest BCUT2D eigenvalue weighted by molar-refractivity contribution is 5.72. The summed E-state index contributed by atoms with van der Waals surface area (Å²) in [6.45, 7) is 6.29. The van der Waals surface area contributed by atoms with E-state index in [9.17, 15) is 14.4 Å². The topological polar surface area (TPSA) is 78.9 Å². The Bertz CT molecular complexity index is 1640. The molecule has 74 heavy (non-hydrogen) atoms. The van der Waals surface area contributed by atoms with Crippen molar-refractivity contribution < 1.29 is 28.6 Å². The molecule has 6 heteroatoms. The van der Waals surface area contributed by atoms with Gasteiger partial charge >= 0.3 is 17.9 Å². The molecule has 0 spiro atoms. The van der Waals surface area contributed by atoms with Crippen LogP contribution in [0.3, 0.4) is 0 Å². The summed E-state index contributed by atoms with van der Waals surface area (Å²) < 4.78 is 16.7. The van der Waals surface area contributed by atoms with E-state index in [0.717, 1.165) is 122 Å². The smallest absolute Gasteiger partial charge is 0.309 e. The van der Waals surface area contributed by atoms with E-state index in [0.29, 0.717) is 12.8 Å². The predicted octanol–water partition coefficient (Wildman–Crippen LogP) is 20.4. The van der Waals surface area contributed by atoms with Crippen LogP contribution in [0, 0.1) is 0 Å². The minimum absolute atomic E-state index is 0.116. The van der Waals surface area contributed by atoms with Crippen molar-refractivity contribution in [3.63, 3.8) is 0 Å². The van der Waals surface area contributed by atoms with Crippen LogP contribution in [0.1, 0.15) is 245 Å². The van der Waals surface area contributed by atoms with E-state index in [1.54, 1.807) is 6.08 Å². The maximum absolute atomic E-state index is 12.9. The second kappa shape index (κ2) is 60.8. The molecule has 1 unspecified atom stereocenters. The van der Waals surface area contributed by atoms with Crippen LogP contribution in [0.4, 0.5) is 0 Å². The van der Waals surface area contributed by atoms with Crippen molar-refractivity contribution in [2.24, 2.45) is 0 Å². The van der Waals surface area contributed by atoms with Gasteiger partial charge in [0.1, 0.15) is 13.2 Å². The van der Waals surface area contributed by atoms with E-state index < -0.39 is 12.1 Å². The number of allylic oxidation sites excluding steroid dienone is 23. The lowest BCUT2D eigenvalue weighted by molar-refractivity contribution is -0.166. The van der Waals surface area contributed by atoms with Crippen LogP contribution in [-0.4, -0.2) is 37.2 Å². The van der Waals surface area contributed by atoms with Gasteiger partial charge in [0.05, 0.1) is 6.42 Å². The zero-order valence-electron chi connectivity index (χ0n) is 47.5. The Hall–Kier alpha value is -4.71. The maximum atomic E-state index is 12.9. The molecule has 0 bridgehead atoms. The number of esters is 3. The standard InChI is InChI=1S/C68H108O6/c1-4-7-10-13-16-19-22-25-28-30-31-32-33-34-35-36-37-38-41-43-46-49-52-55-58-61-67(70)73-64-65(63-72-66(69)60-57-54-51-48-45-42-39-27-24-21-18-15-12-9-6-3)74-68(71)62-59-56-53-50-47-44-40-29-26-23-20-17-14-11-8-5-2/h7,9-10,12,16,18-19,21,25,27-28,31-32,34-35,37-39,43,45-46,48,54,57,65H,4-6,8,11,13-15,17,20,22-24,26,29-30,33,36,40-42,44,47,49-53,55-56,58-64H2,1-3H3/b10-7-,12-9-,19-16-,21-18-,28-25-,32-31-,35-34-,38-37-,39-27-,46-43-,48-45-,57-54-. The zero-order valence-corrected chi connectivity index (χ0v) is 47.5. The molecule has 0 aliphatic carbocycles. The van der Waals surface area contributed by atoms with Crippen molar-refractivity contribution in [2.75, 3.05) is 13.2 Å². The van der Waals surface area contributed by atoms with Crippen LogP contribution in [0.2, 0.25) is 0 Å². The Morgan fingerprint density at radius 1 is 0.297 bits per heavy atom. The summed E-state index contributed by atoms with van der Waals surface area (Å²) in [5.41, 5.74) is 0.